The summed E-state index contributed by atoms with van der Waals surface area (Å²) in [5.74, 6) is -1.51. The molecule has 128 valence electrons. The average molecular weight is 381 g/mol. The molecule has 2 N–H and O–H groups in total. The molecule has 25 heavy (non-hydrogen) atoms. The van der Waals surface area contributed by atoms with E-state index in [1.165, 1.54) is 30.3 Å². The standard InChI is InChI=1S/C13H9ClN6O4S/c14-8-1-3-9(4-2-8)25(23,24)20-6-5-10(17-20)11(21)7-12(22)13-15-18-19-16-13/h1-7,21H,(H,15,16,18,19). The first-order valence-electron chi connectivity index (χ1n) is 6.63. The van der Waals surface area contributed by atoms with Crippen molar-refractivity contribution in [2.24, 2.45) is 0 Å². The number of aromatic nitrogens is 6. The quantitative estimate of drug-likeness (QED) is 0.380. The van der Waals surface area contributed by atoms with Gasteiger partial charge in [-0.3, -0.25) is 4.79 Å². The number of hydrogen-bond acceptors (Lipinski definition) is 8. The van der Waals surface area contributed by atoms with Crippen molar-refractivity contribution in [2.75, 3.05) is 0 Å². The highest BCUT2D eigenvalue weighted by molar-refractivity contribution is 7.89. The number of hydrogen-bond donors (Lipinski definition) is 2. The summed E-state index contributed by atoms with van der Waals surface area (Å²) in [6, 6.07) is 6.76. The van der Waals surface area contributed by atoms with Crippen LogP contribution >= 0.6 is 11.6 Å². The van der Waals surface area contributed by atoms with E-state index in [0.717, 1.165) is 12.3 Å². The van der Waals surface area contributed by atoms with E-state index in [1.54, 1.807) is 0 Å². The Morgan fingerprint density at radius 3 is 2.60 bits per heavy atom. The molecule has 0 aliphatic carbocycles. The van der Waals surface area contributed by atoms with Gasteiger partial charge in [-0.25, -0.2) is 0 Å². The molecule has 0 fully saturated rings. The minimum absolute atomic E-state index is 0.0297. The summed E-state index contributed by atoms with van der Waals surface area (Å²) in [5, 5.41) is 26.4. The first-order valence-corrected chi connectivity index (χ1v) is 8.45. The van der Waals surface area contributed by atoms with E-state index in [-0.39, 0.29) is 16.4 Å². The van der Waals surface area contributed by atoms with Crippen LogP contribution in [0.4, 0.5) is 0 Å². The Hall–Kier alpha value is -3.05. The third-order valence-electron chi connectivity index (χ3n) is 3.02. The molecule has 0 atom stereocenters. The van der Waals surface area contributed by atoms with Crippen molar-refractivity contribution in [1.82, 2.24) is 29.8 Å². The van der Waals surface area contributed by atoms with Crippen LogP contribution in [0.25, 0.3) is 5.76 Å². The van der Waals surface area contributed by atoms with Crippen LogP contribution in [0.5, 0.6) is 0 Å². The molecule has 3 aromatic rings. The van der Waals surface area contributed by atoms with Gasteiger partial charge in [0.1, 0.15) is 11.5 Å². The van der Waals surface area contributed by atoms with Gasteiger partial charge in [0.2, 0.25) is 11.6 Å². The van der Waals surface area contributed by atoms with Gasteiger partial charge >= 0.3 is 0 Å². The smallest absolute Gasteiger partial charge is 0.282 e. The van der Waals surface area contributed by atoms with Gasteiger partial charge in [0.25, 0.3) is 10.0 Å². The summed E-state index contributed by atoms with van der Waals surface area (Å²) in [4.78, 5) is 11.7. The van der Waals surface area contributed by atoms with E-state index >= 15 is 0 Å². The van der Waals surface area contributed by atoms with Gasteiger partial charge < -0.3 is 5.11 Å². The maximum atomic E-state index is 12.4. The molecule has 0 saturated heterocycles. The van der Waals surface area contributed by atoms with E-state index in [0.29, 0.717) is 9.11 Å². The zero-order chi connectivity index (χ0) is 18.0. The summed E-state index contributed by atoms with van der Waals surface area (Å²) in [6.45, 7) is 0. The van der Waals surface area contributed by atoms with Crippen LogP contribution in [-0.2, 0) is 10.0 Å². The van der Waals surface area contributed by atoms with Gasteiger partial charge in [-0.1, -0.05) is 11.6 Å². The number of allylic oxidation sites excluding steroid dienone is 1. The number of halogens is 1. The van der Waals surface area contributed by atoms with Gasteiger partial charge in [0, 0.05) is 17.3 Å². The van der Waals surface area contributed by atoms with E-state index in [4.69, 9.17) is 11.6 Å². The van der Waals surface area contributed by atoms with E-state index in [1.807, 2.05) is 0 Å². The minimum Gasteiger partial charge on any atom is -0.505 e. The predicted molar refractivity (Wildman–Crippen MR) is 85.4 cm³/mol. The normalized spacial score (nSPS) is 12.3. The molecular weight excluding hydrogens is 372 g/mol. The number of ketones is 1. The van der Waals surface area contributed by atoms with E-state index in [2.05, 4.69) is 25.7 Å². The van der Waals surface area contributed by atoms with Gasteiger partial charge in [0.15, 0.2) is 0 Å². The number of aliphatic hydroxyl groups excluding tert-OH is 1. The maximum absolute atomic E-state index is 12.4. The zero-order valence-electron chi connectivity index (χ0n) is 12.2. The number of H-pyrrole nitrogens is 1. The lowest BCUT2D eigenvalue weighted by atomic mass is 10.2. The summed E-state index contributed by atoms with van der Waals surface area (Å²) >= 11 is 5.74. The number of nitrogens with one attached hydrogen (secondary N) is 1. The van der Waals surface area contributed by atoms with Crippen molar-refractivity contribution in [1.29, 1.82) is 0 Å². The Bertz CT molecular complexity index is 1040. The maximum Gasteiger partial charge on any atom is 0.282 e. The highest BCUT2D eigenvalue weighted by Gasteiger charge is 2.19. The SMILES string of the molecule is O=C(C=C(O)c1ccn(S(=O)(=O)c2ccc(Cl)cc2)n1)c1nn[nH]n1. The minimum atomic E-state index is -3.96. The molecule has 0 aliphatic heterocycles. The monoisotopic (exact) mass is 380 g/mol. The van der Waals surface area contributed by atoms with Crippen LogP contribution in [0.3, 0.4) is 0 Å². The Morgan fingerprint density at radius 1 is 1.24 bits per heavy atom. The molecule has 2 aromatic heterocycles. The largest absolute Gasteiger partial charge is 0.505 e. The molecule has 0 radical (unpaired) electrons. The highest BCUT2D eigenvalue weighted by Crippen LogP contribution is 2.18. The van der Waals surface area contributed by atoms with Crippen LogP contribution in [-0.4, -0.2) is 49.1 Å². The highest BCUT2D eigenvalue weighted by atomic mass is 35.5. The molecule has 3 rings (SSSR count). The first-order chi connectivity index (χ1) is 11.9. The number of carbonyl (C=O) groups excluding carboxylic acids is 1. The second-order valence-electron chi connectivity index (χ2n) is 4.66. The van der Waals surface area contributed by atoms with E-state index in [9.17, 15) is 18.3 Å². The van der Waals surface area contributed by atoms with Gasteiger partial charge in [-0.05, 0) is 35.5 Å². The van der Waals surface area contributed by atoms with Crippen molar-refractivity contribution in [2.45, 2.75) is 4.90 Å². The van der Waals surface area contributed by atoms with Crippen molar-refractivity contribution >= 4 is 33.2 Å². The fraction of sp³-hybridized carbons (Fsp3) is 0. The van der Waals surface area contributed by atoms with Gasteiger partial charge in [0.05, 0.1) is 4.90 Å². The van der Waals surface area contributed by atoms with Gasteiger partial charge in [-0.15, -0.1) is 10.2 Å². The molecule has 0 amide bonds. The fourth-order valence-corrected chi connectivity index (χ4v) is 3.06. The van der Waals surface area contributed by atoms with Crippen molar-refractivity contribution < 1.29 is 18.3 Å². The third kappa shape index (κ3) is 3.41. The molecule has 12 heteroatoms. The van der Waals surface area contributed by atoms with Crippen LogP contribution < -0.4 is 0 Å². The average Bonchev–Trinajstić information content (AvgIpc) is 3.27. The lowest BCUT2D eigenvalue weighted by Crippen LogP contribution is -2.13. The summed E-state index contributed by atoms with van der Waals surface area (Å²) < 4.78 is 25.6. The van der Waals surface area contributed by atoms with Crippen molar-refractivity contribution in [3.63, 3.8) is 0 Å². The fourth-order valence-electron chi connectivity index (χ4n) is 1.82. The molecule has 0 bridgehead atoms. The lowest BCUT2D eigenvalue weighted by Gasteiger charge is -2.04. The first kappa shape index (κ1) is 16.8. The molecule has 1 aromatic carbocycles. The summed E-state index contributed by atoms with van der Waals surface area (Å²) in [6.07, 6.45) is 1.95. The van der Waals surface area contributed by atoms with Crippen LogP contribution in [0.15, 0.2) is 47.5 Å². The third-order valence-corrected chi connectivity index (χ3v) is 4.84. The number of aromatic amines is 1. The summed E-state index contributed by atoms with van der Waals surface area (Å²) in [7, 11) is -3.96. The van der Waals surface area contributed by atoms with Crippen LogP contribution in [0, 0.1) is 0 Å². The molecule has 0 spiro atoms. The van der Waals surface area contributed by atoms with Crippen molar-refractivity contribution in [3.05, 3.63) is 59.1 Å². The second kappa shape index (κ2) is 6.45. The van der Waals surface area contributed by atoms with Crippen LogP contribution in [0.2, 0.25) is 5.02 Å². The van der Waals surface area contributed by atoms with Crippen molar-refractivity contribution in [3.8, 4) is 0 Å². The van der Waals surface area contributed by atoms with E-state index < -0.39 is 21.6 Å². The number of benzene rings is 1. The Balaban J connectivity index is 1.89. The number of aliphatic hydroxyl groups is 1. The Morgan fingerprint density at radius 2 is 1.96 bits per heavy atom. The predicted octanol–water partition coefficient (Wildman–Crippen LogP) is 1.07. The number of tetrazole rings is 1. The Kier molecular flexibility index (Phi) is 4.33. The zero-order valence-corrected chi connectivity index (χ0v) is 13.8. The molecule has 2 heterocycles. The number of carbonyl (C=O) groups is 1. The molecule has 10 nitrogen and oxygen atoms in total. The molecule has 0 aliphatic rings. The molecular formula is C13H9ClN6O4S. The topological polar surface area (TPSA) is 144 Å². The second-order valence-corrected chi connectivity index (χ2v) is 6.89. The Labute approximate surface area is 145 Å². The number of nitrogens with zero attached hydrogens (tertiary/aromatic N) is 5. The molecule has 0 saturated carbocycles. The number of rotatable bonds is 5. The molecule has 0 unspecified atom stereocenters. The van der Waals surface area contributed by atoms with Gasteiger partial charge in [-0.2, -0.15) is 22.8 Å². The summed E-state index contributed by atoms with van der Waals surface area (Å²) in [5.41, 5.74) is -0.116. The van der Waals surface area contributed by atoms with Crippen LogP contribution in [0.1, 0.15) is 16.3 Å². The lowest BCUT2D eigenvalue weighted by molar-refractivity contribution is 0.103.